The van der Waals surface area contributed by atoms with Crippen molar-refractivity contribution in [3.05, 3.63) is 34.5 Å². The minimum atomic E-state index is -0.453. The highest BCUT2D eigenvalue weighted by Crippen LogP contribution is 2.14. The van der Waals surface area contributed by atoms with Gasteiger partial charge in [-0.1, -0.05) is 12.2 Å². The summed E-state index contributed by atoms with van der Waals surface area (Å²) in [4.78, 5) is 11.4. The molecule has 0 aliphatic carbocycles. The van der Waals surface area contributed by atoms with Gasteiger partial charge in [-0.05, 0) is 50.1 Å². The standard InChI is InChI=1S/C15H24N2O2S/c1-12(13-7-10-20-11-13)16-8-5-6-9-17-14(18)19-15(2,3)4/h5-7,10-12,16H,8-9H2,1-4H3,(H,17,18)/b6-5+. The van der Waals surface area contributed by atoms with E-state index in [4.69, 9.17) is 4.74 Å². The number of carbonyl (C=O) groups excluding carboxylic acids is 1. The average molecular weight is 296 g/mol. The van der Waals surface area contributed by atoms with Crippen LogP contribution in [0.4, 0.5) is 4.79 Å². The first-order valence-electron chi connectivity index (χ1n) is 6.76. The zero-order valence-electron chi connectivity index (χ0n) is 12.6. The highest BCUT2D eigenvalue weighted by atomic mass is 32.1. The molecule has 0 radical (unpaired) electrons. The normalized spacial score (nSPS) is 13.4. The Balaban J connectivity index is 2.12. The number of carbonyl (C=O) groups is 1. The summed E-state index contributed by atoms with van der Waals surface area (Å²) in [5.74, 6) is 0. The first-order chi connectivity index (χ1) is 9.38. The van der Waals surface area contributed by atoms with Gasteiger partial charge in [-0.15, -0.1) is 0 Å². The summed E-state index contributed by atoms with van der Waals surface area (Å²) in [5, 5.41) is 10.3. The molecular formula is C15H24N2O2S. The fourth-order valence-corrected chi connectivity index (χ4v) is 2.26. The van der Waals surface area contributed by atoms with Gasteiger partial charge in [0.25, 0.3) is 0 Å². The van der Waals surface area contributed by atoms with E-state index in [1.165, 1.54) is 5.56 Å². The Morgan fingerprint density at radius 3 is 2.70 bits per heavy atom. The molecule has 1 aromatic rings. The van der Waals surface area contributed by atoms with Crippen molar-refractivity contribution >= 4 is 17.4 Å². The van der Waals surface area contributed by atoms with E-state index in [-0.39, 0.29) is 6.09 Å². The summed E-state index contributed by atoms with van der Waals surface area (Å²) in [6.07, 6.45) is 3.53. The van der Waals surface area contributed by atoms with Gasteiger partial charge in [0, 0.05) is 19.1 Å². The van der Waals surface area contributed by atoms with Crippen molar-refractivity contribution < 1.29 is 9.53 Å². The average Bonchev–Trinajstić information content (AvgIpc) is 2.84. The van der Waals surface area contributed by atoms with Crippen LogP contribution in [-0.4, -0.2) is 24.8 Å². The van der Waals surface area contributed by atoms with Crippen molar-refractivity contribution in [2.75, 3.05) is 13.1 Å². The SMILES string of the molecule is CC(NC/C=C/CNC(=O)OC(C)(C)C)c1ccsc1. The van der Waals surface area contributed by atoms with Gasteiger partial charge in [-0.25, -0.2) is 4.79 Å². The van der Waals surface area contributed by atoms with Crippen molar-refractivity contribution in [1.29, 1.82) is 0 Å². The molecule has 1 rings (SSSR count). The molecule has 0 saturated carbocycles. The highest BCUT2D eigenvalue weighted by Gasteiger charge is 2.14. The predicted molar refractivity (Wildman–Crippen MR) is 84.1 cm³/mol. The first kappa shape index (κ1) is 16.7. The first-order valence-corrected chi connectivity index (χ1v) is 7.70. The lowest BCUT2D eigenvalue weighted by molar-refractivity contribution is 0.0534. The Morgan fingerprint density at radius 2 is 2.10 bits per heavy atom. The Hall–Kier alpha value is -1.33. The second kappa shape index (κ2) is 8.07. The molecule has 0 aliphatic heterocycles. The molecule has 1 aromatic heterocycles. The molecule has 1 amide bonds. The van der Waals surface area contributed by atoms with Gasteiger partial charge >= 0.3 is 6.09 Å². The molecule has 4 nitrogen and oxygen atoms in total. The second-order valence-corrected chi connectivity index (χ2v) is 6.32. The van der Waals surface area contributed by atoms with Gasteiger partial charge in [0.1, 0.15) is 5.60 Å². The van der Waals surface area contributed by atoms with Crippen molar-refractivity contribution in [2.24, 2.45) is 0 Å². The quantitative estimate of drug-likeness (QED) is 0.790. The fraction of sp³-hybridized carbons (Fsp3) is 0.533. The van der Waals surface area contributed by atoms with Gasteiger partial charge in [0.2, 0.25) is 0 Å². The number of amides is 1. The predicted octanol–water partition coefficient (Wildman–Crippen LogP) is 3.48. The van der Waals surface area contributed by atoms with E-state index in [0.29, 0.717) is 12.6 Å². The molecular weight excluding hydrogens is 272 g/mol. The lowest BCUT2D eigenvalue weighted by Crippen LogP contribution is -2.32. The number of nitrogens with one attached hydrogen (secondary N) is 2. The van der Waals surface area contributed by atoms with Crippen LogP contribution in [0.5, 0.6) is 0 Å². The fourth-order valence-electron chi connectivity index (χ4n) is 1.51. The smallest absolute Gasteiger partial charge is 0.407 e. The van der Waals surface area contributed by atoms with Crippen LogP contribution in [0, 0.1) is 0 Å². The number of rotatable bonds is 6. The third kappa shape index (κ3) is 7.31. The molecule has 0 aromatic carbocycles. The Morgan fingerprint density at radius 1 is 1.40 bits per heavy atom. The summed E-state index contributed by atoms with van der Waals surface area (Å²) in [6.45, 7) is 8.92. The van der Waals surface area contributed by atoms with E-state index >= 15 is 0 Å². The molecule has 1 heterocycles. The molecule has 0 spiro atoms. The maximum atomic E-state index is 11.4. The van der Waals surface area contributed by atoms with Crippen LogP contribution in [0.1, 0.15) is 39.3 Å². The van der Waals surface area contributed by atoms with E-state index < -0.39 is 5.60 Å². The van der Waals surface area contributed by atoms with Crippen LogP contribution in [0.25, 0.3) is 0 Å². The number of ether oxygens (including phenoxy) is 1. The van der Waals surface area contributed by atoms with Gasteiger partial charge < -0.3 is 15.4 Å². The molecule has 1 atom stereocenters. The van der Waals surface area contributed by atoms with Crippen LogP contribution in [0.3, 0.4) is 0 Å². The van der Waals surface area contributed by atoms with Crippen LogP contribution in [0.15, 0.2) is 29.0 Å². The van der Waals surface area contributed by atoms with E-state index in [0.717, 1.165) is 6.54 Å². The molecule has 0 fully saturated rings. The molecule has 0 aliphatic rings. The van der Waals surface area contributed by atoms with E-state index in [9.17, 15) is 4.79 Å². The van der Waals surface area contributed by atoms with Gasteiger partial charge in [0.05, 0.1) is 0 Å². The second-order valence-electron chi connectivity index (χ2n) is 5.54. The topological polar surface area (TPSA) is 50.4 Å². The summed E-state index contributed by atoms with van der Waals surface area (Å²) >= 11 is 1.70. The summed E-state index contributed by atoms with van der Waals surface area (Å²) in [6, 6.07) is 2.46. The Labute approximate surface area is 125 Å². The largest absolute Gasteiger partial charge is 0.444 e. The van der Waals surface area contributed by atoms with E-state index in [1.807, 2.05) is 32.9 Å². The van der Waals surface area contributed by atoms with Crippen molar-refractivity contribution in [1.82, 2.24) is 10.6 Å². The summed E-state index contributed by atoms with van der Waals surface area (Å²) < 4.78 is 5.13. The summed E-state index contributed by atoms with van der Waals surface area (Å²) in [7, 11) is 0. The van der Waals surface area contributed by atoms with Gasteiger partial charge in [-0.3, -0.25) is 0 Å². The third-order valence-corrected chi connectivity index (χ3v) is 3.22. The van der Waals surface area contributed by atoms with Crippen LogP contribution >= 0.6 is 11.3 Å². The Bertz CT molecular complexity index is 422. The van der Waals surface area contributed by atoms with Crippen LogP contribution < -0.4 is 10.6 Å². The molecule has 2 N–H and O–H groups in total. The van der Waals surface area contributed by atoms with Crippen molar-refractivity contribution in [2.45, 2.75) is 39.3 Å². The molecule has 0 bridgehead atoms. The maximum absolute atomic E-state index is 11.4. The van der Waals surface area contributed by atoms with Crippen LogP contribution in [-0.2, 0) is 4.74 Å². The van der Waals surface area contributed by atoms with Crippen molar-refractivity contribution in [3.8, 4) is 0 Å². The minimum absolute atomic E-state index is 0.338. The molecule has 112 valence electrons. The van der Waals surface area contributed by atoms with Gasteiger partial charge in [-0.2, -0.15) is 11.3 Å². The molecule has 1 unspecified atom stereocenters. The number of hydrogen-bond donors (Lipinski definition) is 2. The Kier molecular flexibility index (Phi) is 6.75. The zero-order chi connectivity index (χ0) is 15.0. The minimum Gasteiger partial charge on any atom is -0.444 e. The molecule has 5 heteroatoms. The monoisotopic (exact) mass is 296 g/mol. The third-order valence-electron chi connectivity index (χ3n) is 2.51. The number of thiophene rings is 1. The van der Waals surface area contributed by atoms with E-state index in [1.54, 1.807) is 11.3 Å². The lowest BCUT2D eigenvalue weighted by Gasteiger charge is -2.19. The molecule has 20 heavy (non-hydrogen) atoms. The zero-order valence-corrected chi connectivity index (χ0v) is 13.4. The number of alkyl carbamates (subject to hydrolysis) is 1. The van der Waals surface area contributed by atoms with Crippen molar-refractivity contribution in [3.63, 3.8) is 0 Å². The number of hydrogen-bond acceptors (Lipinski definition) is 4. The molecule has 0 saturated heterocycles. The highest BCUT2D eigenvalue weighted by molar-refractivity contribution is 7.07. The van der Waals surface area contributed by atoms with E-state index in [2.05, 4.69) is 34.4 Å². The van der Waals surface area contributed by atoms with Crippen LogP contribution in [0.2, 0.25) is 0 Å². The lowest BCUT2D eigenvalue weighted by atomic mass is 10.2. The van der Waals surface area contributed by atoms with Gasteiger partial charge in [0.15, 0.2) is 0 Å². The maximum Gasteiger partial charge on any atom is 0.407 e. The summed E-state index contributed by atoms with van der Waals surface area (Å²) in [5.41, 5.74) is 0.848.